The number of aliphatic imine (C=N–C) groups is 2. The van der Waals surface area contributed by atoms with Gasteiger partial charge in [-0.2, -0.15) is 0 Å². The topological polar surface area (TPSA) is 102 Å². The van der Waals surface area contributed by atoms with Crippen LogP contribution in [-0.2, 0) is 0 Å². The van der Waals surface area contributed by atoms with E-state index in [2.05, 4.69) is 16.7 Å². The van der Waals surface area contributed by atoms with Gasteiger partial charge in [-0.3, -0.25) is 19.6 Å². The first-order chi connectivity index (χ1) is 22.3. The molecule has 240 valence electrons. The van der Waals surface area contributed by atoms with Gasteiger partial charge in [-0.1, -0.05) is 24.3 Å². The molecule has 2 atom stereocenters. The van der Waals surface area contributed by atoms with Gasteiger partial charge in [-0.15, -0.1) is 0 Å². The standard InChI is InChI=1S/C36H40N4O6/c1-7-10-24-14-23(3)39(21-24)35(41)27-16-31(43-5)33(18-29(27)37-4)45-12-9-13-46-34-19-30-28(17-32(34)44-6)36(42)40-22-25(11-8-2)15-26(40)20-38-30/h7-8,10-11,16-23,26H,4,9,12-15H2,1-3,5-6H3/b10-7+,11-8+/t23-,26+/m1/s1. The first-order valence-corrected chi connectivity index (χ1v) is 15.3. The van der Waals surface area contributed by atoms with Gasteiger partial charge < -0.3 is 28.7 Å². The molecule has 2 amide bonds. The van der Waals surface area contributed by atoms with E-state index in [0.717, 1.165) is 24.0 Å². The van der Waals surface area contributed by atoms with Crippen LogP contribution in [0.4, 0.5) is 11.4 Å². The first kappa shape index (κ1) is 32.3. The Bertz CT molecular complexity index is 1670. The Labute approximate surface area is 270 Å². The monoisotopic (exact) mass is 624 g/mol. The average Bonchev–Trinajstić information content (AvgIpc) is 3.61. The van der Waals surface area contributed by atoms with Crippen molar-refractivity contribution in [2.45, 2.75) is 52.1 Å². The second-order valence-corrected chi connectivity index (χ2v) is 11.2. The number of benzene rings is 2. The third-order valence-electron chi connectivity index (χ3n) is 8.03. The number of hydrogen-bond acceptors (Lipinski definition) is 8. The van der Waals surface area contributed by atoms with E-state index in [4.69, 9.17) is 18.9 Å². The minimum atomic E-state index is -0.177. The molecule has 5 rings (SSSR count). The molecule has 0 aromatic heterocycles. The lowest BCUT2D eigenvalue weighted by Crippen LogP contribution is -2.32. The fraction of sp³-hybridized carbons (Fsp3) is 0.333. The molecule has 0 bridgehead atoms. The highest BCUT2D eigenvalue weighted by atomic mass is 16.5. The van der Waals surface area contributed by atoms with Crippen molar-refractivity contribution in [2.24, 2.45) is 9.98 Å². The van der Waals surface area contributed by atoms with Gasteiger partial charge in [-0.25, -0.2) is 0 Å². The summed E-state index contributed by atoms with van der Waals surface area (Å²) in [6.07, 6.45) is 15.5. The van der Waals surface area contributed by atoms with E-state index in [0.29, 0.717) is 65.1 Å². The number of methoxy groups -OCH3 is 2. The van der Waals surface area contributed by atoms with Crippen molar-refractivity contribution in [3.8, 4) is 23.0 Å². The SMILES string of the molecule is C=Nc1cc(OCCCOc2cc3c(cc2OC)C(=O)N2C=C(/C=C/C)C[C@H]2C=N3)c(OC)cc1C(=O)N1C=C(/C=C/C)C[C@H]1C. The van der Waals surface area contributed by atoms with Gasteiger partial charge in [0, 0.05) is 43.2 Å². The maximum absolute atomic E-state index is 13.5. The molecule has 46 heavy (non-hydrogen) atoms. The van der Waals surface area contributed by atoms with Crippen LogP contribution in [-0.4, -0.2) is 74.1 Å². The molecule has 2 aromatic carbocycles. The van der Waals surface area contributed by atoms with Crippen LogP contribution in [0.25, 0.3) is 0 Å². The Morgan fingerprint density at radius 3 is 2.26 bits per heavy atom. The van der Waals surface area contributed by atoms with Crippen molar-refractivity contribution >= 4 is 36.1 Å². The molecule has 0 spiro atoms. The van der Waals surface area contributed by atoms with Gasteiger partial charge in [0.05, 0.1) is 56.0 Å². The van der Waals surface area contributed by atoms with E-state index in [9.17, 15) is 9.59 Å². The van der Waals surface area contributed by atoms with Crippen molar-refractivity contribution in [3.05, 3.63) is 83.2 Å². The maximum atomic E-state index is 13.5. The van der Waals surface area contributed by atoms with Crippen LogP contribution in [0.1, 0.15) is 60.7 Å². The number of amides is 2. The molecule has 10 nitrogen and oxygen atoms in total. The second kappa shape index (κ2) is 14.3. The van der Waals surface area contributed by atoms with Gasteiger partial charge in [0.1, 0.15) is 0 Å². The van der Waals surface area contributed by atoms with Gasteiger partial charge in [0.15, 0.2) is 23.0 Å². The molecule has 0 radical (unpaired) electrons. The Morgan fingerprint density at radius 1 is 0.957 bits per heavy atom. The second-order valence-electron chi connectivity index (χ2n) is 11.2. The lowest BCUT2D eigenvalue weighted by atomic mass is 10.1. The number of carbonyl (C=O) groups is 2. The number of carbonyl (C=O) groups excluding carboxylic acids is 2. The van der Waals surface area contributed by atoms with Crippen LogP contribution in [0.5, 0.6) is 23.0 Å². The van der Waals surface area contributed by atoms with Gasteiger partial charge >= 0.3 is 0 Å². The highest BCUT2D eigenvalue weighted by molar-refractivity contribution is 6.04. The van der Waals surface area contributed by atoms with Crippen LogP contribution < -0.4 is 18.9 Å². The number of allylic oxidation sites excluding steroid dienone is 4. The lowest BCUT2D eigenvalue weighted by Gasteiger charge is -2.22. The summed E-state index contributed by atoms with van der Waals surface area (Å²) < 4.78 is 23.2. The molecule has 0 unspecified atom stereocenters. The molecule has 0 N–H and O–H groups in total. The number of hydrogen-bond donors (Lipinski definition) is 0. The van der Waals surface area contributed by atoms with E-state index in [-0.39, 0.29) is 23.9 Å². The molecule has 10 heteroatoms. The summed E-state index contributed by atoms with van der Waals surface area (Å²) in [5, 5.41) is 0. The number of nitrogens with zero attached hydrogens (tertiary/aromatic N) is 4. The summed E-state index contributed by atoms with van der Waals surface area (Å²) in [7, 11) is 3.07. The summed E-state index contributed by atoms with van der Waals surface area (Å²) >= 11 is 0. The van der Waals surface area contributed by atoms with Gasteiger partial charge in [-0.05, 0) is 63.6 Å². The number of fused-ring (bicyclic) bond motifs is 2. The molecule has 3 aliphatic heterocycles. The third-order valence-corrected chi connectivity index (χ3v) is 8.03. The van der Waals surface area contributed by atoms with Gasteiger partial charge in [0.2, 0.25) is 0 Å². The van der Waals surface area contributed by atoms with E-state index < -0.39 is 0 Å². The van der Waals surface area contributed by atoms with Crippen LogP contribution in [0.3, 0.4) is 0 Å². The molecular weight excluding hydrogens is 584 g/mol. The van der Waals surface area contributed by atoms with Crippen molar-refractivity contribution in [1.29, 1.82) is 0 Å². The highest BCUT2D eigenvalue weighted by Crippen LogP contribution is 2.39. The van der Waals surface area contributed by atoms with Crippen molar-refractivity contribution in [1.82, 2.24) is 9.80 Å². The smallest absolute Gasteiger partial charge is 0.260 e. The Balaban J connectivity index is 1.23. The highest BCUT2D eigenvalue weighted by Gasteiger charge is 2.32. The maximum Gasteiger partial charge on any atom is 0.260 e. The molecule has 3 heterocycles. The first-order valence-electron chi connectivity index (χ1n) is 15.3. The molecule has 0 aliphatic carbocycles. The molecule has 0 saturated carbocycles. The van der Waals surface area contributed by atoms with Crippen LogP contribution in [0.15, 0.2) is 82.1 Å². The fourth-order valence-electron chi connectivity index (χ4n) is 5.80. The quantitative estimate of drug-likeness (QED) is 0.187. The summed E-state index contributed by atoms with van der Waals surface area (Å²) in [6, 6.07) is 6.63. The normalized spacial score (nSPS) is 18.8. The lowest BCUT2D eigenvalue weighted by molar-refractivity contribution is 0.0792. The van der Waals surface area contributed by atoms with Crippen molar-refractivity contribution in [3.63, 3.8) is 0 Å². The van der Waals surface area contributed by atoms with Crippen LogP contribution in [0.2, 0.25) is 0 Å². The van der Waals surface area contributed by atoms with E-state index in [1.54, 1.807) is 41.2 Å². The predicted octanol–water partition coefficient (Wildman–Crippen LogP) is 6.97. The third kappa shape index (κ3) is 6.61. The summed E-state index contributed by atoms with van der Waals surface area (Å²) in [6.45, 7) is 10.2. The molecule has 2 aromatic rings. The molecular formula is C36H40N4O6. The van der Waals surface area contributed by atoms with Crippen molar-refractivity contribution in [2.75, 3.05) is 27.4 Å². The zero-order chi connectivity index (χ0) is 32.8. The fourth-order valence-corrected chi connectivity index (χ4v) is 5.80. The Kier molecular flexibility index (Phi) is 10.0. The number of ether oxygens (including phenoxy) is 4. The van der Waals surface area contributed by atoms with E-state index in [1.165, 1.54) is 7.11 Å². The summed E-state index contributed by atoms with van der Waals surface area (Å²) in [4.78, 5) is 39.0. The number of rotatable bonds is 12. The zero-order valence-corrected chi connectivity index (χ0v) is 27.0. The van der Waals surface area contributed by atoms with E-state index >= 15 is 0 Å². The molecule has 3 aliphatic rings. The molecule has 0 saturated heterocycles. The zero-order valence-electron chi connectivity index (χ0n) is 27.0. The van der Waals surface area contributed by atoms with E-state index in [1.807, 2.05) is 63.7 Å². The van der Waals surface area contributed by atoms with Crippen molar-refractivity contribution < 1.29 is 28.5 Å². The molecule has 0 fully saturated rings. The summed E-state index contributed by atoms with van der Waals surface area (Å²) in [5.41, 5.74) is 3.96. The Morgan fingerprint density at radius 2 is 1.61 bits per heavy atom. The van der Waals surface area contributed by atoms with Crippen LogP contribution >= 0.6 is 0 Å². The van der Waals surface area contributed by atoms with Crippen LogP contribution in [0, 0.1) is 0 Å². The minimum absolute atomic E-state index is 0.0229. The minimum Gasteiger partial charge on any atom is -0.493 e. The predicted molar refractivity (Wildman–Crippen MR) is 180 cm³/mol. The summed E-state index contributed by atoms with van der Waals surface area (Å²) in [5.74, 6) is 1.49. The largest absolute Gasteiger partial charge is 0.493 e. The average molecular weight is 625 g/mol. The van der Waals surface area contributed by atoms with Gasteiger partial charge in [0.25, 0.3) is 11.8 Å². The Hall–Kier alpha value is -5.12.